The van der Waals surface area contributed by atoms with E-state index >= 15 is 0 Å². The molecule has 3 aromatic carbocycles. The van der Waals surface area contributed by atoms with Gasteiger partial charge in [-0.3, -0.25) is 14.5 Å². The van der Waals surface area contributed by atoms with E-state index in [1.807, 2.05) is 0 Å². The summed E-state index contributed by atoms with van der Waals surface area (Å²) in [6.07, 6.45) is 1.47. The molecule has 0 saturated carbocycles. The lowest BCUT2D eigenvalue weighted by molar-refractivity contribution is -0.123. The molecule has 2 amide bonds. The molecule has 0 N–H and O–H groups in total. The first kappa shape index (κ1) is 27.4. The van der Waals surface area contributed by atoms with Crippen LogP contribution in [0.1, 0.15) is 15.9 Å². The molecule has 0 radical (unpaired) electrons. The molecule has 3 aromatic rings. The number of amides is 2. The summed E-state index contributed by atoms with van der Waals surface area (Å²) in [7, 11) is 2.94. The number of nitrogens with zero attached hydrogens (tertiary/aromatic N) is 1. The molecule has 1 heterocycles. The van der Waals surface area contributed by atoms with Crippen LogP contribution >= 0.6 is 35.0 Å². The molecular weight excluding hydrogens is 553 g/mol. The Morgan fingerprint density at radius 1 is 0.947 bits per heavy atom. The number of esters is 1. The summed E-state index contributed by atoms with van der Waals surface area (Å²) in [5, 5.41) is 0.0447. The fourth-order valence-corrected chi connectivity index (χ4v) is 4.88. The van der Waals surface area contributed by atoms with Gasteiger partial charge in [0.15, 0.2) is 23.0 Å². The third-order valence-corrected chi connectivity index (χ3v) is 6.83. The predicted molar refractivity (Wildman–Crippen MR) is 146 cm³/mol. The lowest BCUT2D eigenvalue weighted by Crippen LogP contribution is -2.32. The first-order valence-corrected chi connectivity index (χ1v) is 12.7. The number of carbonyl (C=O) groups is 3. The van der Waals surface area contributed by atoms with E-state index in [2.05, 4.69) is 0 Å². The van der Waals surface area contributed by atoms with Crippen molar-refractivity contribution in [3.63, 3.8) is 0 Å². The van der Waals surface area contributed by atoms with Crippen LogP contribution in [0.3, 0.4) is 0 Å². The van der Waals surface area contributed by atoms with E-state index < -0.39 is 17.1 Å². The van der Waals surface area contributed by atoms with E-state index in [-0.39, 0.29) is 40.1 Å². The van der Waals surface area contributed by atoms with Crippen LogP contribution in [0.4, 0.5) is 4.79 Å². The molecular formula is C27H21Cl2NO7S. The molecule has 1 aliphatic rings. The normalized spacial score (nSPS) is 14.1. The van der Waals surface area contributed by atoms with Gasteiger partial charge in [-0.1, -0.05) is 47.5 Å². The van der Waals surface area contributed by atoms with Gasteiger partial charge >= 0.3 is 5.97 Å². The number of para-hydroxylation sites is 3. The van der Waals surface area contributed by atoms with Crippen LogP contribution in [-0.4, -0.2) is 49.4 Å². The zero-order chi connectivity index (χ0) is 27.2. The van der Waals surface area contributed by atoms with Crippen LogP contribution < -0.4 is 18.9 Å². The van der Waals surface area contributed by atoms with Crippen LogP contribution in [-0.2, 0) is 4.79 Å². The number of hydrogen-bond donors (Lipinski definition) is 0. The van der Waals surface area contributed by atoms with E-state index in [1.54, 1.807) is 42.5 Å². The van der Waals surface area contributed by atoms with Crippen LogP contribution in [0.2, 0.25) is 10.0 Å². The maximum atomic E-state index is 13.0. The molecule has 0 unspecified atom stereocenters. The summed E-state index contributed by atoms with van der Waals surface area (Å²) in [5.41, 5.74) is 0.460. The number of thioether (sulfide) groups is 1. The molecule has 11 heteroatoms. The maximum absolute atomic E-state index is 13.0. The molecule has 196 valence electrons. The summed E-state index contributed by atoms with van der Waals surface area (Å²) in [6, 6.07) is 16.4. The van der Waals surface area contributed by atoms with Gasteiger partial charge in [-0.25, -0.2) is 4.79 Å². The highest BCUT2D eigenvalue weighted by molar-refractivity contribution is 8.18. The summed E-state index contributed by atoms with van der Waals surface area (Å²) in [4.78, 5) is 39.8. The predicted octanol–water partition coefficient (Wildman–Crippen LogP) is 6.35. The van der Waals surface area contributed by atoms with Gasteiger partial charge < -0.3 is 18.9 Å². The molecule has 1 aliphatic heterocycles. The second-order valence-corrected chi connectivity index (χ2v) is 9.56. The molecule has 1 fully saturated rings. The fraction of sp³-hybridized carbons (Fsp3) is 0.148. The molecule has 4 rings (SSSR count). The van der Waals surface area contributed by atoms with Crippen LogP contribution in [0, 0.1) is 0 Å². The summed E-state index contributed by atoms with van der Waals surface area (Å²) in [5.74, 6) is 0.124. The second-order valence-electron chi connectivity index (χ2n) is 7.72. The Morgan fingerprint density at radius 3 is 2.37 bits per heavy atom. The standard InChI is InChI=1S/C27H21Cl2NO7S/c1-34-20-7-3-4-8-21(20)36-13-12-30-25(31)23(38-27(30)33)14-16-6-5-9-22(35-2)24(16)37-26(32)18-11-10-17(28)15-19(18)29/h3-11,14-15H,12-13H2,1-2H3/b23-14-. The number of hydrogen-bond acceptors (Lipinski definition) is 8. The highest BCUT2D eigenvalue weighted by Gasteiger charge is 2.35. The monoisotopic (exact) mass is 573 g/mol. The Bertz CT molecular complexity index is 1430. The minimum absolute atomic E-state index is 0.0368. The Labute approximate surface area is 233 Å². The van der Waals surface area contributed by atoms with Crippen molar-refractivity contribution in [1.29, 1.82) is 0 Å². The van der Waals surface area contributed by atoms with Gasteiger partial charge in [0, 0.05) is 10.6 Å². The van der Waals surface area contributed by atoms with Crippen LogP contribution in [0.5, 0.6) is 23.0 Å². The largest absolute Gasteiger partial charge is 0.493 e. The average molecular weight is 574 g/mol. The molecule has 0 atom stereocenters. The van der Waals surface area contributed by atoms with E-state index in [0.29, 0.717) is 22.1 Å². The minimum atomic E-state index is -0.743. The van der Waals surface area contributed by atoms with Gasteiger partial charge in [0.2, 0.25) is 0 Å². The van der Waals surface area contributed by atoms with Crippen molar-refractivity contribution in [2.75, 3.05) is 27.4 Å². The number of benzene rings is 3. The van der Waals surface area contributed by atoms with Gasteiger partial charge in [0.1, 0.15) is 6.61 Å². The van der Waals surface area contributed by atoms with Crippen molar-refractivity contribution in [3.8, 4) is 23.0 Å². The molecule has 8 nitrogen and oxygen atoms in total. The second kappa shape index (κ2) is 12.3. The van der Waals surface area contributed by atoms with Crippen molar-refractivity contribution < 1.29 is 33.3 Å². The van der Waals surface area contributed by atoms with Crippen molar-refractivity contribution in [1.82, 2.24) is 4.90 Å². The number of ether oxygens (including phenoxy) is 4. The van der Waals surface area contributed by atoms with Gasteiger partial charge in [0.05, 0.1) is 36.3 Å². The van der Waals surface area contributed by atoms with E-state index in [4.69, 9.17) is 42.1 Å². The van der Waals surface area contributed by atoms with E-state index in [0.717, 1.165) is 16.7 Å². The number of halogens is 2. The molecule has 38 heavy (non-hydrogen) atoms. The zero-order valence-corrected chi connectivity index (χ0v) is 22.6. The lowest BCUT2D eigenvalue weighted by Gasteiger charge is -2.15. The highest BCUT2D eigenvalue weighted by atomic mass is 35.5. The van der Waals surface area contributed by atoms with Crippen molar-refractivity contribution >= 4 is 58.2 Å². The third-order valence-electron chi connectivity index (χ3n) is 5.38. The maximum Gasteiger partial charge on any atom is 0.345 e. The fourth-order valence-electron chi connectivity index (χ4n) is 3.54. The SMILES string of the molecule is COc1ccccc1OCCN1C(=O)S/C(=C\c2cccc(OC)c2OC(=O)c2ccc(Cl)cc2Cl)C1=O. The zero-order valence-electron chi connectivity index (χ0n) is 20.2. The van der Waals surface area contributed by atoms with Crippen molar-refractivity contribution in [3.05, 3.63) is 86.7 Å². The van der Waals surface area contributed by atoms with Crippen LogP contribution in [0.15, 0.2) is 65.6 Å². The Morgan fingerprint density at radius 2 is 1.66 bits per heavy atom. The Hall–Kier alpha value is -3.66. The topological polar surface area (TPSA) is 91.4 Å². The lowest BCUT2D eigenvalue weighted by atomic mass is 10.1. The summed E-state index contributed by atoms with van der Waals surface area (Å²) in [6.45, 7) is 0.116. The van der Waals surface area contributed by atoms with Crippen molar-refractivity contribution in [2.45, 2.75) is 0 Å². The molecule has 0 aliphatic carbocycles. The first-order valence-electron chi connectivity index (χ1n) is 11.2. The van der Waals surface area contributed by atoms with E-state index in [1.165, 1.54) is 38.5 Å². The Kier molecular flexibility index (Phi) is 8.83. The van der Waals surface area contributed by atoms with Crippen LogP contribution in [0.25, 0.3) is 6.08 Å². The minimum Gasteiger partial charge on any atom is -0.493 e. The Balaban J connectivity index is 1.53. The van der Waals surface area contributed by atoms with Gasteiger partial charge in [-0.2, -0.15) is 0 Å². The van der Waals surface area contributed by atoms with Gasteiger partial charge in [0.25, 0.3) is 11.1 Å². The molecule has 1 saturated heterocycles. The number of imide groups is 1. The molecule has 0 spiro atoms. The first-order chi connectivity index (χ1) is 18.3. The van der Waals surface area contributed by atoms with Gasteiger partial charge in [-0.15, -0.1) is 0 Å². The van der Waals surface area contributed by atoms with Gasteiger partial charge in [-0.05, 0) is 54.2 Å². The summed E-state index contributed by atoms with van der Waals surface area (Å²) >= 11 is 12.8. The molecule has 0 bridgehead atoms. The summed E-state index contributed by atoms with van der Waals surface area (Å²) < 4.78 is 21.9. The number of methoxy groups -OCH3 is 2. The third kappa shape index (κ3) is 6.07. The molecule has 0 aromatic heterocycles. The highest BCUT2D eigenvalue weighted by Crippen LogP contribution is 2.38. The van der Waals surface area contributed by atoms with Crippen molar-refractivity contribution in [2.24, 2.45) is 0 Å². The number of rotatable bonds is 9. The van der Waals surface area contributed by atoms with E-state index in [9.17, 15) is 14.4 Å². The number of carbonyl (C=O) groups excluding carboxylic acids is 3. The smallest absolute Gasteiger partial charge is 0.345 e. The quantitative estimate of drug-likeness (QED) is 0.166. The average Bonchev–Trinajstić information content (AvgIpc) is 3.17.